The van der Waals surface area contributed by atoms with Crippen LogP contribution in [0.25, 0.3) is 0 Å². The third kappa shape index (κ3) is 7.37. The molecular weight excluding hydrogens is 320 g/mol. The molecule has 0 heterocycles. The van der Waals surface area contributed by atoms with Gasteiger partial charge in [0, 0.05) is 11.1 Å². The minimum atomic E-state index is 0.756. The number of unbranched alkanes of at least 4 members (excludes halogenated alkanes) is 5. The zero-order valence-corrected chi connectivity index (χ0v) is 15.2. The minimum Gasteiger partial charge on any atom is -0.494 e. The fourth-order valence-electron chi connectivity index (χ4n) is 2.59. The van der Waals surface area contributed by atoms with Crippen LogP contribution in [0.3, 0.4) is 0 Å². The topological polar surface area (TPSA) is 18.5 Å². The molecule has 2 aromatic carbocycles. The van der Waals surface area contributed by atoms with Crippen molar-refractivity contribution in [1.29, 1.82) is 0 Å². The Hall–Kier alpha value is -2.84. The highest BCUT2D eigenvalue weighted by Gasteiger charge is 1.97. The summed E-state index contributed by atoms with van der Waals surface area (Å²) in [5, 5.41) is 0. The maximum absolute atomic E-state index is 5.72. The lowest BCUT2D eigenvalue weighted by atomic mass is 10.1. The summed E-state index contributed by atoms with van der Waals surface area (Å²) in [4.78, 5) is 0. The zero-order valence-electron chi connectivity index (χ0n) is 15.2. The zero-order chi connectivity index (χ0) is 18.5. The van der Waals surface area contributed by atoms with Crippen molar-refractivity contribution in [2.24, 2.45) is 0 Å². The lowest BCUT2D eigenvalue weighted by molar-refractivity contribution is 0.297. The van der Waals surface area contributed by atoms with Gasteiger partial charge in [-0.3, -0.25) is 0 Å². The van der Waals surface area contributed by atoms with E-state index in [4.69, 9.17) is 22.3 Å². The second-order valence-corrected chi connectivity index (χ2v) is 6.16. The Bertz CT molecular complexity index is 649. The summed E-state index contributed by atoms with van der Waals surface area (Å²) in [6.45, 7) is 1.51. The van der Waals surface area contributed by atoms with Crippen LogP contribution in [-0.2, 0) is 0 Å². The molecule has 0 fully saturated rings. The third-order valence-electron chi connectivity index (χ3n) is 4.12. The number of hydrogen-bond acceptors (Lipinski definition) is 2. The monoisotopic (exact) mass is 346 g/mol. The van der Waals surface area contributed by atoms with Gasteiger partial charge in [0.2, 0.25) is 0 Å². The molecule has 0 aliphatic carbocycles. The van der Waals surface area contributed by atoms with Gasteiger partial charge in [-0.25, -0.2) is 0 Å². The second kappa shape index (κ2) is 11.7. The molecule has 0 bridgehead atoms. The summed E-state index contributed by atoms with van der Waals surface area (Å²) in [5.74, 6) is 6.97. The van der Waals surface area contributed by atoms with Crippen LogP contribution in [0.15, 0.2) is 48.5 Å². The Morgan fingerprint density at radius 3 is 1.23 bits per heavy atom. The predicted molar refractivity (Wildman–Crippen MR) is 107 cm³/mol. The van der Waals surface area contributed by atoms with E-state index in [1.807, 2.05) is 48.5 Å². The Morgan fingerprint density at radius 1 is 0.538 bits per heavy atom. The van der Waals surface area contributed by atoms with Gasteiger partial charge >= 0.3 is 0 Å². The van der Waals surface area contributed by atoms with E-state index in [0.717, 1.165) is 48.7 Å². The summed E-state index contributed by atoms with van der Waals surface area (Å²) < 4.78 is 11.4. The molecule has 0 aliphatic heterocycles. The number of ether oxygens (including phenoxy) is 2. The first-order valence-electron chi connectivity index (χ1n) is 9.21. The molecular formula is C24H26O2. The van der Waals surface area contributed by atoms with Crippen molar-refractivity contribution in [2.45, 2.75) is 38.5 Å². The normalized spacial score (nSPS) is 9.92. The van der Waals surface area contributed by atoms with E-state index in [9.17, 15) is 0 Å². The fourth-order valence-corrected chi connectivity index (χ4v) is 2.59. The van der Waals surface area contributed by atoms with Crippen molar-refractivity contribution < 1.29 is 9.47 Å². The molecule has 0 atom stereocenters. The lowest BCUT2D eigenvalue weighted by Gasteiger charge is -2.07. The van der Waals surface area contributed by atoms with E-state index in [2.05, 4.69) is 11.8 Å². The van der Waals surface area contributed by atoms with Gasteiger partial charge in [0.15, 0.2) is 0 Å². The molecule has 0 amide bonds. The standard InChI is InChI=1S/C24H26O2/c1-3-21-11-15-23(16-12-21)25-19-9-7-5-6-8-10-20-26-24-17-13-22(4-2)14-18-24/h1-2,11-18H,5-10,19-20H2. The number of hydrogen-bond donors (Lipinski definition) is 0. The molecule has 2 aromatic rings. The van der Waals surface area contributed by atoms with Crippen LogP contribution in [-0.4, -0.2) is 13.2 Å². The minimum absolute atomic E-state index is 0.756. The molecule has 0 N–H and O–H groups in total. The summed E-state index contributed by atoms with van der Waals surface area (Å²) >= 11 is 0. The Labute approximate surface area is 157 Å². The van der Waals surface area contributed by atoms with E-state index < -0.39 is 0 Å². The van der Waals surface area contributed by atoms with Crippen LogP contribution in [0.4, 0.5) is 0 Å². The maximum Gasteiger partial charge on any atom is 0.119 e. The molecule has 0 aromatic heterocycles. The van der Waals surface area contributed by atoms with Crippen molar-refractivity contribution in [1.82, 2.24) is 0 Å². The van der Waals surface area contributed by atoms with E-state index in [0.29, 0.717) is 0 Å². The second-order valence-electron chi connectivity index (χ2n) is 6.16. The van der Waals surface area contributed by atoms with Gasteiger partial charge in [-0.2, -0.15) is 0 Å². The largest absolute Gasteiger partial charge is 0.494 e. The van der Waals surface area contributed by atoms with Crippen LogP contribution in [0, 0.1) is 24.7 Å². The van der Waals surface area contributed by atoms with Gasteiger partial charge in [0.05, 0.1) is 13.2 Å². The first kappa shape index (κ1) is 19.5. The first-order valence-corrected chi connectivity index (χ1v) is 9.21. The molecule has 0 saturated heterocycles. The van der Waals surface area contributed by atoms with Gasteiger partial charge < -0.3 is 9.47 Å². The van der Waals surface area contributed by atoms with Crippen molar-refractivity contribution in [3.8, 4) is 36.2 Å². The average Bonchev–Trinajstić information content (AvgIpc) is 2.70. The molecule has 2 rings (SSSR count). The van der Waals surface area contributed by atoms with Gasteiger partial charge in [-0.05, 0) is 61.4 Å². The van der Waals surface area contributed by atoms with E-state index >= 15 is 0 Å². The average molecular weight is 346 g/mol. The van der Waals surface area contributed by atoms with E-state index in [1.165, 1.54) is 25.7 Å². The summed E-state index contributed by atoms with van der Waals surface area (Å²) in [5.41, 5.74) is 1.76. The predicted octanol–water partition coefficient (Wildman–Crippen LogP) is 5.45. The molecule has 2 heteroatoms. The third-order valence-corrected chi connectivity index (χ3v) is 4.12. The van der Waals surface area contributed by atoms with Crippen molar-refractivity contribution in [3.63, 3.8) is 0 Å². The van der Waals surface area contributed by atoms with Crippen LogP contribution in [0.1, 0.15) is 49.7 Å². The molecule has 2 nitrogen and oxygen atoms in total. The van der Waals surface area contributed by atoms with Gasteiger partial charge in [-0.15, -0.1) is 12.8 Å². The van der Waals surface area contributed by atoms with E-state index in [1.54, 1.807) is 0 Å². The number of rotatable bonds is 11. The van der Waals surface area contributed by atoms with Crippen LogP contribution < -0.4 is 9.47 Å². The summed E-state index contributed by atoms with van der Waals surface area (Å²) in [6.07, 6.45) is 17.7. The molecule has 0 saturated carbocycles. The highest BCUT2D eigenvalue weighted by atomic mass is 16.5. The summed E-state index contributed by atoms with van der Waals surface area (Å²) in [7, 11) is 0. The molecule has 26 heavy (non-hydrogen) atoms. The Balaban J connectivity index is 1.43. The molecule has 134 valence electrons. The fraction of sp³-hybridized carbons (Fsp3) is 0.333. The Kier molecular flexibility index (Phi) is 8.74. The van der Waals surface area contributed by atoms with Crippen molar-refractivity contribution in [3.05, 3.63) is 59.7 Å². The lowest BCUT2D eigenvalue weighted by Crippen LogP contribution is -1.98. The molecule has 0 spiro atoms. The summed E-state index contributed by atoms with van der Waals surface area (Å²) in [6, 6.07) is 15.3. The van der Waals surface area contributed by atoms with Gasteiger partial charge in [0.25, 0.3) is 0 Å². The maximum atomic E-state index is 5.72. The van der Waals surface area contributed by atoms with Gasteiger partial charge in [0.1, 0.15) is 11.5 Å². The van der Waals surface area contributed by atoms with Crippen LogP contribution >= 0.6 is 0 Å². The molecule has 0 aliphatic rings. The smallest absolute Gasteiger partial charge is 0.119 e. The van der Waals surface area contributed by atoms with Crippen LogP contribution in [0.2, 0.25) is 0 Å². The van der Waals surface area contributed by atoms with Gasteiger partial charge in [-0.1, -0.05) is 37.5 Å². The van der Waals surface area contributed by atoms with E-state index in [-0.39, 0.29) is 0 Å². The number of terminal acetylenes is 2. The number of benzene rings is 2. The van der Waals surface area contributed by atoms with Crippen molar-refractivity contribution >= 4 is 0 Å². The van der Waals surface area contributed by atoms with Crippen molar-refractivity contribution in [2.75, 3.05) is 13.2 Å². The Morgan fingerprint density at radius 2 is 0.885 bits per heavy atom. The highest BCUT2D eigenvalue weighted by molar-refractivity contribution is 5.37. The molecule has 0 radical (unpaired) electrons. The first-order chi connectivity index (χ1) is 12.8. The molecule has 0 unspecified atom stereocenters. The SMILES string of the molecule is C#Cc1ccc(OCCCCCCCCOc2ccc(C#C)cc2)cc1. The quantitative estimate of drug-likeness (QED) is 0.398. The van der Waals surface area contributed by atoms with Crippen LogP contribution in [0.5, 0.6) is 11.5 Å². The highest BCUT2D eigenvalue weighted by Crippen LogP contribution is 2.14.